The first-order chi connectivity index (χ1) is 9.14. The summed E-state index contributed by atoms with van der Waals surface area (Å²) >= 11 is 3.35. The molecule has 1 N–H and O–H groups in total. The number of rotatable bonds is 6. The molecule has 0 amide bonds. The van der Waals surface area contributed by atoms with Gasteiger partial charge in [0.1, 0.15) is 0 Å². The van der Waals surface area contributed by atoms with E-state index < -0.39 is 21.2 Å². The quantitative estimate of drug-likeness (QED) is 0.828. The van der Waals surface area contributed by atoms with Crippen LogP contribution < -0.4 is 0 Å². The van der Waals surface area contributed by atoms with Crippen LogP contribution in [0.4, 0.5) is 0 Å². The Labute approximate surface area is 126 Å². The molecule has 0 radical (unpaired) electrons. The molecule has 0 unspecified atom stereocenters. The molecule has 0 bridgehead atoms. The molecule has 0 saturated heterocycles. The van der Waals surface area contributed by atoms with E-state index in [1.54, 1.807) is 18.7 Å². The number of halogens is 1. The fourth-order valence-corrected chi connectivity index (χ4v) is 5.27. The maximum atomic E-state index is 12.3. The molecule has 20 heavy (non-hydrogen) atoms. The normalized spacial score (nSPS) is 17.1. The first-order valence-electron chi connectivity index (χ1n) is 6.24. The summed E-state index contributed by atoms with van der Waals surface area (Å²) in [6.07, 6.45) is 1.27. The van der Waals surface area contributed by atoms with Crippen molar-refractivity contribution in [2.45, 2.75) is 31.9 Å². The zero-order valence-corrected chi connectivity index (χ0v) is 13.8. The molecule has 8 heteroatoms. The average molecular weight is 365 g/mol. The molecule has 0 spiro atoms. The second kappa shape index (κ2) is 5.14. The molecule has 6 nitrogen and oxygen atoms in total. The fraction of sp³-hybridized carbons (Fsp3) is 0.667. The van der Waals surface area contributed by atoms with Crippen LogP contribution in [0.3, 0.4) is 0 Å². The van der Waals surface area contributed by atoms with Crippen LogP contribution in [0, 0.1) is 12.3 Å². The molecule has 1 heterocycles. The first kappa shape index (κ1) is 15.5. The minimum Gasteiger partial charge on any atom is -0.481 e. The Morgan fingerprint density at radius 3 is 2.50 bits per heavy atom. The summed E-state index contributed by atoms with van der Waals surface area (Å²) < 4.78 is 26.8. The molecule has 0 aromatic carbocycles. The topological polar surface area (TPSA) is 89.3 Å². The number of carboxylic acids is 1. The lowest BCUT2D eigenvalue weighted by molar-refractivity contribution is -0.138. The molecule has 1 aromatic rings. The van der Waals surface area contributed by atoms with Crippen molar-refractivity contribution in [1.29, 1.82) is 0 Å². The molecule has 112 valence electrons. The summed E-state index contributed by atoms with van der Waals surface area (Å²) in [5.41, 5.74) is 0.795. The third-order valence-corrected chi connectivity index (χ3v) is 6.42. The number of aliphatic carboxylic acids is 1. The predicted octanol–water partition coefficient (Wildman–Crippen LogP) is 1.66. The van der Waals surface area contributed by atoms with E-state index in [4.69, 9.17) is 5.11 Å². The average Bonchev–Trinajstić information content (AvgIpc) is 2.96. The van der Waals surface area contributed by atoms with Gasteiger partial charge in [-0.3, -0.25) is 9.48 Å². The minimum absolute atomic E-state index is 0.0665. The number of sulfone groups is 1. The summed E-state index contributed by atoms with van der Waals surface area (Å²) in [6.45, 7) is 1.80. The van der Waals surface area contributed by atoms with Gasteiger partial charge in [0.2, 0.25) is 0 Å². The standard InChI is InChI=1S/C12H17BrN2O4S/c1-8-11(13)9(15(2)14-8)6-20(18,19)7-12(3-4-12)5-10(16)17/h3-7H2,1-2H3,(H,16,17). The molecular formula is C12H17BrN2O4S. The van der Waals surface area contributed by atoms with Crippen LogP contribution in [0.25, 0.3) is 0 Å². The van der Waals surface area contributed by atoms with Gasteiger partial charge in [-0.05, 0) is 41.1 Å². The van der Waals surface area contributed by atoms with Crippen molar-refractivity contribution in [3.8, 4) is 0 Å². The van der Waals surface area contributed by atoms with Gasteiger partial charge >= 0.3 is 5.97 Å². The number of carbonyl (C=O) groups is 1. The second-order valence-corrected chi connectivity index (χ2v) is 8.43. The number of aryl methyl sites for hydroxylation is 2. The Balaban J connectivity index is 2.14. The van der Waals surface area contributed by atoms with Crippen LogP contribution in [0.2, 0.25) is 0 Å². The summed E-state index contributed by atoms with van der Waals surface area (Å²) in [5.74, 6) is -1.12. The van der Waals surface area contributed by atoms with Gasteiger partial charge < -0.3 is 5.11 Å². The summed E-state index contributed by atoms with van der Waals surface area (Å²) in [7, 11) is -1.66. The largest absolute Gasteiger partial charge is 0.481 e. The summed E-state index contributed by atoms with van der Waals surface area (Å²) in [6, 6.07) is 0. The zero-order valence-electron chi connectivity index (χ0n) is 11.4. The highest BCUT2D eigenvalue weighted by Gasteiger charge is 2.47. The Hall–Kier alpha value is -0.890. The molecule has 1 fully saturated rings. The van der Waals surface area contributed by atoms with Crippen LogP contribution in [0.1, 0.15) is 30.7 Å². The van der Waals surface area contributed by atoms with Gasteiger partial charge in [-0.1, -0.05) is 0 Å². The van der Waals surface area contributed by atoms with E-state index >= 15 is 0 Å². The van der Waals surface area contributed by atoms with Crippen molar-refractivity contribution in [3.05, 3.63) is 15.9 Å². The molecule has 1 saturated carbocycles. The number of hydrogen-bond donors (Lipinski definition) is 1. The van der Waals surface area contributed by atoms with Crippen LogP contribution >= 0.6 is 15.9 Å². The summed E-state index contributed by atoms with van der Waals surface area (Å²) in [5, 5.41) is 13.0. The van der Waals surface area contributed by atoms with E-state index in [0.29, 0.717) is 23.0 Å². The number of nitrogens with zero attached hydrogens (tertiary/aromatic N) is 2. The maximum Gasteiger partial charge on any atom is 0.303 e. The lowest BCUT2D eigenvalue weighted by Crippen LogP contribution is -2.22. The van der Waals surface area contributed by atoms with Gasteiger partial charge in [-0.15, -0.1) is 0 Å². The van der Waals surface area contributed by atoms with Crippen molar-refractivity contribution in [3.63, 3.8) is 0 Å². The van der Waals surface area contributed by atoms with Crippen molar-refractivity contribution in [2.24, 2.45) is 12.5 Å². The van der Waals surface area contributed by atoms with Crippen molar-refractivity contribution < 1.29 is 18.3 Å². The third-order valence-electron chi connectivity index (χ3n) is 3.63. The van der Waals surface area contributed by atoms with E-state index in [9.17, 15) is 13.2 Å². The molecule has 1 aliphatic rings. The first-order valence-corrected chi connectivity index (χ1v) is 8.86. The van der Waals surface area contributed by atoms with Gasteiger partial charge in [0.25, 0.3) is 0 Å². The minimum atomic E-state index is -3.36. The van der Waals surface area contributed by atoms with Crippen molar-refractivity contribution in [1.82, 2.24) is 9.78 Å². The highest BCUT2D eigenvalue weighted by atomic mass is 79.9. The lowest BCUT2D eigenvalue weighted by atomic mass is 10.1. The smallest absolute Gasteiger partial charge is 0.303 e. The van der Waals surface area contributed by atoms with Gasteiger partial charge in [-0.25, -0.2) is 8.42 Å². The van der Waals surface area contributed by atoms with Crippen LogP contribution in [0.5, 0.6) is 0 Å². The van der Waals surface area contributed by atoms with Crippen LogP contribution in [0.15, 0.2) is 4.47 Å². The zero-order chi connectivity index (χ0) is 15.1. The Bertz CT molecular complexity index is 647. The number of hydrogen-bond acceptors (Lipinski definition) is 4. The number of aromatic nitrogens is 2. The van der Waals surface area contributed by atoms with E-state index in [1.165, 1.54) is 0 Å². The van der Waals surface area contributed by atoms with Crippen LogP contribution in [-0.4, -0.2) is 35.0 Å². The fourth-order valence-electron chi connectivity index (χ4n) is 2.43. The Morgan fingerprint density at radius 2 is 2.10 bits per heavy atom. The van der Waals surface area contributed by atoms with Gasteiger partial charge in [0, 0.05) is 7.05 Å². The third kappa shape index (κ3) is 3.41. The second-order valence-electron chi connectivity index (χ2n) is 5.57. The Morgan fingerprint density at radius 1 is 1.50 bits per heavy atom. The van der Waals surface area contributed by atoms with Gasteiger partial charge in [-0.2, -0.15) is 5.10 Å². The van der Waals surface area contributed by atoms with E-state index in [1.807, 2.05) is 0 Å². The molecule has 1 aromatic heterocycles. The SMILES string of the molecule is Cc1nn(C)c(CS(=O)(=O)CC2(CC(=O)O)CC2)c1Br. The molecule has 0 aliphatic heterocycles. The van der Waals surface area contributed by atoms with Crippen molar-refractivity contribution in [2.75, 3.05) is 5.75 Å². The highest BCUT2D eigenvalue weighted by molar-refractivity contribution is 9.10. The monoisotopic (exact) mass is 364 g/mol. The highest BCUT2D eigenvalue weighted by Crippen LogP contribution is 2.50. The molecule has 1 aliphatic carbocycles. The van der Waals surface area contributed by atoms with E-state index in [0.717, 1.165) is 5.69 Å². The van der Waals surface area contributed by atoms with E-state index in [-0.39, 0.29) is 17.9 Å². The van der Waals surface area contributed by atoms with Gasteiger partial charge in [0.05, 0.1) is 33.8 Å². The number of carboxylic acid groups (broad SMARTS) is 1. The summed E-state index contributed by atoms with van der Waals surface area (Å²) in [4.78, 5) is 10.8. The predicted molar refractivity (Wildman–Crippen MR) is 77.1 cm³/mol. The van der Waals surface area contributed by atoms with Crippen LogP contribution in [-0.2, 0) is 27.4 Å². The lowest BCUT2D eigenvalue weighted by Gasteiger charge is -2.13. The Kier molecular flexibility index (Phi) is 3.98. The molecule has 0 atom stereocenters. The molecule has 2 rings (SSSR count). The maximum absolute atomic E-state index is 12.3. The van der Waals surface area contributed by atoms with Gasteiger partial charge in [0.15, 0.2) is 9.84 Å². The van der Waals surface area contributed by atoms with Crippen molar-refractivity contribution >= 4 is 31.7 Å². The van der Waals surface area contributed by atoms with E-state index in [2.05, 4.69) is 21.0 Å². The molecular weight excluding hydrogens is 348 g/mol.